The first kappa shape index (κ1) is 19.5. The van der Waals surface area contributed by atoms with Gasteiger partial charge >= 0.3 is 5.97 Å². The number of carboxylic acid groups (broad SMARTS) is 1. The number of hydrogen-bond donors (Lipinski definition) is 2. The molecule has 0 heterocycles. The first-order valence-corrected chi connectivity index (χ1v) is 8.41. The van der Waals surface area contributed by atoms with Gasteiger partial charge in [0.25, 0.3) is 5.91 Å². The molecule has 0 aliphatic carbocycles. The number of hydrogen-bond acceptors (Lipinski definition) is 3. The molecule has 0 saturated carbocycles. The highest BCUT2D eigenvalue weighted by Crippen LogP contribution is 2.22. The molecule has 2 rings (SSSR count). The highest BCUT2D eigenvalue weighted by atomic mass is 35.5. The maximum Gasteiger partial charge on any atom is 0.331 e. The number of halogens is 1. The fraction of sp³-hybridized carbons (Fsp3) is 0.200. The Morgan fingerprint density at radius 3 is 2.50 bits per heavy atom. The minimum Gasteiger partial charge on any atom is -0.496 e. The van der Waals surface area contributed by atoms with Crippen LogP contribution >= 0.6 is 11.6 Å². The minimum absolute atomic E-state index is 0.249. The second-order valence-electron chi connectivity index (χ2n) is 5.72. The molecule has 2 aromatic carbocycles. The molecule has 0 spiro atoms. The molecule has 0 radical (unpaired) electrons. The Kier molecular flexibility index (Phi) is 6.81. The molecule has 0 aliphatic rings. The average Bonchev–Trinajstić information content (AvgIpc) is 2.62. The van der Waals surface area contributed by atoms with E-state index >= 15 is 0 Å². The van der Waals surface area contributed by atoms with E-state index in [4.69, 9.17) is 21.4 Å². The molecule has 136 valence electrons. The van der Waals surface area contributed by atoms with Crippen molar-refractivity contribution >= 4 is 29.6 Å². The van der Waals surface area contributed by atoms with Crippen LogP contribution in [0.2, 0.25) is 5.02 Å². The van der Waals surface area contributed by atoms with Crippen LogP contribution in [0, 0.1) is 0 Å². The number of methoxy groups -OCH3 is 1. The van der Waals surface area contributed by atoms with Crippen molar-refractivity contribution in [3.05, 3.63) is 69.8 Å². The van der Waals surface area contributed by atoms with E-state index in [-0.39, 0.29) is 11.5 Å². The zero-order valence-corrected chi connectivity index (χ0v) is 15.3. The Morgan fingerprint density at radius 2 is 1.88 bits per heavy atom. The molecule has 0 fully saturated rings. The topological polar surface area (TPSA) is 75.6 Å². The summed E-state index contributed by atoms with van der Waals surface area (Å²) < 4.78 is 5.18. The standard InChI is InChI=1S/C20H20ClNO4/c1-13(20(24)25)11-15-5-3-14(4-6-15)9-10-22-19(23)17-12-16(21)7-8-18(17)26-2/h3-8,11-12H,9-10H2,1-2H3,(H,22,23)(H,24,25)/b13-11+. The van der Waals surface area contributed by atoms with Gasteiger partial charge in [-0.05, 0) is 48.7 Å². The maximum atomic E-state index is 12.3. The zero-order chi connectivity index (χ0) is 19.1. The average molecular weight is 374 g/mol. The molecule has 2 aromatic rings. The highest BCUT2D eigenvalue weighted by molar-refractivity contribution is 6.31. The van der Waals surface area contributed by atoms with Crippen molar-refractivity contribution in [3.63, 3.8) is 0 Å². The quantitative estimate of drug-likeness (QED) is 0.723. The summed E-state index contributed by atoms with van der Waals surface area (Å²) in [6.07, 6.45) is 2.26. The van der Waals surface area contributed by atoms with Crippen LogP contribution in [0.3, 0.4) is 0 Å². The van der Waals surface area contributed by atoms with Crippen molar-refractivity contribution < 1.29 is 19.4 Å². The Morgan fingerprint density at radius 1 is 1.19 bits per heavy atom. The maximum absolute atomic E-state index is 12.3. The van der Waals surface area contributed by atoms with Gasteiger partial charge in [-0.1, -0.05) is 35.9 Å². The van der Waals surface area contributed by atoms with E-state index in [0.717, 1.165) is 11.1 Å². The highest BCUT2D eigenvalue weighted by Gasteiger charge is 2.12. The van der Waals surface area contributed by atoms with E-state index in [1.165, 1.54) is 7.11 Å². The monoisotopic (exact) mass is 373 g/mol. The number of ether oxygens (including phenoxy) is 1. The van der Waals surface area contributed by atoms with Gasteiger partial charge in [-0.25, -0.2) is 4.79 Å². The summed E-state index contributed by atoms with van der Waals surface area (Å²) >= 11 is 5.94. The van der Waals surface area contributed by atoms with Crippen LogP contribution in [-0.2, 0) is 11.2 Å². The molecule has 0 aromatic heterocycles. The Bertz CT molecular complexity index is 828. The Balaban J connectivity index is 1.94. The second-order valence-corrected chi connectivity index (χ2v) is 6.16. The smallest absolute Gasteiger partial charge is 0.331 e. The normalized spacial score (nSPS) is 11.1. The van der Waals surface area contributed by atoms with Crippen molar-refractivity contribution in [3.8, 4) is 5.75 Å². The third-order valence-electron chi connectivity index (χ3n) is 3.81. The van der Waals surface area contributed by atoms with Gasteiger partial charge in [0.2, 0.25) is 0 Å². The van der Waals surface area contributed by atoms with Crippen molar-refractivity contribution in [1.29, 1.82) is 0 Å². The van der Waals surface area contributed by atoms with Crippen molar-refractivity contribution in [1.82, 2.24) is 5.32 Å². The molecule has 0 aliphatic heterocycles. The van der Waals surface area contributed by atoms with E-state index in [2.05, 4.69) is 5.32 Å². The lowest BCUT2D eigenvalue weighted by Gasteiger charge is -2.10. The van der Waals surface area contributed by atoms with E-state index < -0.39 is 5.97 Å². The van der Waals surface area contributed by atoms with Crippen LogP contribution in [0.25, 0.3) is 6.08 Å². The van der Waals surface area contributed by atoms with E-state index in [0.29, 0.717) is 29.3 Å². The lowest BCUT2D eigenvalue weighted by molar-refractivity contribution is -0.132. The summed E-state index contributed by atoms with van der Waals surface area (Å²) in [5, 5.41) is 12.2. The van der Waals surface area contributed by atoms with Crippen molar-refractivity contribution in [2.24, 2.45) is 0 Å². The lowest BCUT2D eigenvalue weighted by Crippen LogP contribution is -2.26. The zero-order valence-electron chi connectivity index (χ0n) is 14.6. The molecule has 0 atom stereocenters. The molecule has 0 unspecified atom stereocenters. The number of benzene rings is 2. The summed E-state index contributed by atoms with van der Waals surface area (Å²) in [5.41, 5.74) is 2.53. The summed E-state index contributed by atoms with van der Waals surface area (Å²) in [6, 6.07) is 12.4. The molecule has 1 amide bonds. The predicted molar refractivity (Wildman–Crippen MR) is 102 cm³/mol. The molecule has 2 N–H and O–H groups in total. The van der Waals surface area contributed by atoms with Crippen LogP contribution in [0.5, 0.6) is 5.75 Å². The third kappa shape index (κ3) is 5.36. The van der Waals surface area contributed by atoms with Crippen LogP contribution in [0.15, 0.2) is 48.0 Å². The number of aliphatic carboxylic acids is 1. The second kappa shape index (κ2) is 9.06. The number of amides is 1. The molecular weight excluding hydrogens is 354 g/mol. The van der Waals surface area contributed by atoms with Crippen LogP contribution in [0.4, 0.5) is 0 Å². The largest absolute Gasteiger partial charge is 0.496 e. The van der Waals surface area contributed by atoms with Gasteiger partial charge in [-0.2, -0.15) is 0 Å². The summed E-state index contributed by atoms with van der Waals surface area (Å²) in [4.78, 5) is 23.1. The van der Waals surface area contributed by atoms with Crippen molar-refractivity contribution in [2.45, 2.75) is 13.3 Å². The van der Waals surface area contributed by atoms with Gasteiger partial charge in [0.05, 0.1) is 12.7 Å². The Labute approximate surface area is 157 Å². The Hall–Kier alpha value is -2.79. The van der Waals surface area contributed by atoms with E-state index in [1.54, 1.807) is 31.2 Å². The predicted octanol–water partition coefficient (Wildman–Crippen LogP) is 3.81. The van der Waals surface area contributed by atoms with Crippen LogP contribution < -0.4 is 10.1 Å². The third-order valence-corrected chi connectivity index (χ3v) is 4.04. The van der Waals surface area contributed by atoms with Crippen LogP contribution in [-0.4, -0.2) is 30.6 Å². The molecule has 26 heavy (non-hydrogen) atoms. The molecule has 0 saturated heterocycles. The summed E-state index contributed by atoms with van der Waals surface area (Å²) in [6.45, 7) is 2.01. The summed E-state index contributed by atoms with van der Waals surface area (Å²) in [7, 11) is 1.50. The number of carboxylic acids is 1. The van der Waals surface area contributed by atoms with Gasteiger partial charge in [0.1, 0.15) is 5.75 Å². The fourth-order valence-electron chi connectivity index (χ4n) is 2.37. The van der Waals surface area contributed by atoms with Crippen molar-refractivity contribution in [2.75, 3.05) is 13.7 Å². The van der Waals surface area contributed by atoms with Crippen LogP contribution in [0.1, 0.15) is 28.4 Å². The molecule has 5 nitrogen and oxygen atoms in total. The molecule has 0 bridgehead atoms. The SMILES string of the molecule is COc1ccc(Cl)cc1C(=O)NCCc1ccc(/C=C(\C)C(=O)O)cc1. The first-order valence-electron chi connectivity index (χ1n) is 8.03. The molecule has 6 heteroatoms. The van der Waals surface area contributed by atoms with Gasteiger partial charge in [-0.15, -0.1) is 0 Å². The van der Waals surface area contributed by atoms with Gasteiger partial charge in [0.15, 0.2) is 0 Å². The fourth-order valence-corrected chi connectivity index (χ4v) is 2.54. The van der Waals surface area contributed by atoms with Gasteiger partial charge < -0.3 is 15.2 Å². The van der Waals surface area contributed by atoms with E-state index in [9.17, 15) is 9.59 Å². The summed E-state index contributed by atoms with van der Waals surface area (Å²) in [5.74, 6) is -0.717. The number of rotatable bonds is 7. The number of carbonyl (C=O) groups is 2. The van der Waals surface area contributed by atoms with Gasteiger partial charge in [-0.3, -0.25) is 4.79 Å². The molecular formula is C20H20ClNO4. The van der Waals surface area contributed by atoms with Gasteiger partial charge in [0, 0.05) is 17.1 Å². The lowest BCUT2D eigenvalue weighted by atomic mass is 10.1. The minimum atomic E-state index is -0.937. The first-order chi connectivity index (χ1) is 12.4. The van der Waals surface area contributed by atoms with E-state index in [1.807, 2.05) is 24.3 Å². The number of carbonyl (C=O) groups excluding carboxylic acids is 1. The number of nitrogens with one attached hydrogen (secondary N) is 1.